The first-order valence-corrected chi connectivity index (χ1v) is 13.3. The van der Waals surface area contributed by atoms with Crippen molar-refractivity contribution in [2.24, 2.45) is 5.92 Å². The largest absolute Gasteiger partial charge is 0.419 e. The van der Waals surface area contributed by atoms with E-state index in [2.05, 4.69) is 13.0 Å². The molecule has 1 atom stereocenters. The second-order valence-corrected chi connectivity index (χ2v) is 11.2. The van der Waals surface area contributed by atoms with Crippen LogP contribution in [-0.2, 0) is 27.8 Å². The first-order valence-electron chi connectivity index (χ1n) is 11.8. The molecule has 0 unspecified atom stereocenters. The summed E-state index contributed by atoms with van der Waals surface area (Å²) in [5.41, 5.74) is 3.06. The van der Waals surface area contributed by atoms with Gasteiger partial charge in [0.15, 0.2) is 5.58 Å². The molecule has 1 fully saturated rings. The van der Waals surface area contributed by atoms with E-state index in [4.69, 9.17) is 4.42 Å². The Balaban J connectivity index is 1.26. The molecule has 1 aromatic heterocycles. The molecule has 3 heterocycles. The number of anilines is 1. The Labute approximate surface area is 198 Å². The van der Waals surface area contributed by atoms with Gasteiger partial charge in [-0.05, 0) is 62.8 Å². The number of hydrogen-bond donors (Lipinski definition) is 0. The van der Waals surface area contributed by atoms with Gasteiger partial charge in [0.1, 0.15) is 0 Å². The number of aryl methyl sites for hydroxylation is 1. The van der Waals surface area contributed by atoms with Gasteiger partial charge in [-0.15, -0.1) is 0 Å². The van der Waals surface area contributed by atoms with Crippen LogP contribution < -0.4 is 10.7 Å². The standard InChI is InChI=1S/C25H29N3O5S/c1-3-27-22-9-8-20(16-23(22)33-25(27)30)34(31,32)26-12-10-18(11-13-26)15-24(29)28-17(2)14-19-6-4-5-7-21(19)28/h4-9,16-18H,3,10-15H2,1-2H3/t17-/m1/s1. The zero-order valence-corrected chi connectivity index (χ0v) is 20.3. The van der Waals surface area contributed by atoms with Crippen molar-refractivity contribution in [1.82, 2.24) is 8.87 Å². The maximum Gasteiger partial charge on any atom is 0.419 e. The maximum absolute atomic E-state index is 13.2. The Hall–Kier alpha value is -2.91. The number of hydrogen-bond acceptors (Lipinski definition) is 5. The molecule has 0 N–H and O–H groups in total. The van der Waals surface area contributed by atoms with E-state index in [0.29, 0.717) is 44.4 Å². The van der Waals surface area contributed by atoms with Gasteiger partial charge >= 0.3 is 5.76 Å². The lowest BCUT2D eigenvalue weighted by Gasteiger charge is -2.32. The third-order valence-corrected chi connectivity index (χ3v) is 9.00. The first kappa shape index (κ1) is 22.9. The van der Waals surface area contributed by atoms with Crippen molar-refractivity contribution in [2.75, 3.05) is 18.0 Å². The van der Waals surface area contributed by atoms with E-state index < -0.39 is 15.8 Å². The van der Waals surface area contributed by atoms with Gasteiger partial charge < -0.3 is 9.32 Å². The summed E-state index contributed by atoms with van der Waals surface area (Å²) in [6, 6.07) is 12.8. The molecule has 0 bridgehead atoms. The minimum atomic E-state index is -3.71. The number of carbonyl (C=O) groups is 1. The Kier molecular flexibility index (Phi) is 5.85. The molecule has 34 heavy (non-hydrogen) atoms. The average molecular weight is 484 g/mol. The molecule has 180 valence electrons. The number of piperidine rings is 1. The number of carbonyl (C=O) groups excluding carboxylic acids is 1. The Morgan fingerprint density at radius 1 is 1.12 bits per heavy atom. The van der Waals surface area contributed by atoms with Crippen LogP contribution in [0.15, 0.2) is 56.6 Å². The predicted molar refractivity (Wildman–Crippen MR) is 129 cm³/mol. The van der Waals surface area contributed by atoms with Gasteiger partial charge in [0, 0.05) is 43.9 Å². The van der Waals surface area contributed by atoms with Gasteiger partial charge in [-0.1, -0.05) is 18.2 Å². The minimum Gasteiger partial charge on any atom is -0.408 e. The quantitative estimate of drug-likeness (QED) is 0.555. The fourth-order valence-corrected chi connectivity index (χ4v) is 6.79. The molecule has 2 aliphatic rings. The second kappa shape index (κ2) is 8.70. The van der Waals surface area contributed by atoms with Crippen LogP contribution in [0.1, 0.15) is 38.7 Å². The first-order chi connectivity index (χ1) is 16.3. The van der Waals surface area contributed by atoms with Gasteiger partial charge in [0.2, 0.25) is 15.9 Å². The predicted octanol–water partition coefficient (Wildman–Crippen LogP) is 3.38. The van der Waals surface area contributed by atoms with Gasteiger partial charge in [-0.3, -0.25) is 9.36 Å². The number of oxazole rings is 1. The van der Waals surface area contributed by atoms with Crippen LogP contribution in [0.3, 0.4) is 0 Å². The Morgan fingerprint density at radius 2 is 1.85 bits per heavy atom. The monoisotopic (exact) mass is 483 g/mol. The molecule has 2 aromatic carbocycles. The molecule has 0 aliphatic carbocycles. The lowest BCUT2D eigenvalue weighted by molar-refractivity contribution is -0.120. The van der Waals surface area contributed by atoms with Crippen molar-refractivity contribution >= 4 is 32.7 Å². The van der Waals surface area contributed by atoms with Gasteiger partial charge in [-0.2, -0.15) is 4.31 Å². The number of rotatable bonds is 5. The minimum absolute atomic E-state index is 0.111. The molecule has 0 saturated carbocycles. The van der Waals surface area contributed by atoms with E-state index >= 15 is 0 Å². The SMILES string of the molecule is CCn1c(=O)oc2cc(S(=O)(=O)N3CCC(CC(=O)N4c5ccccc5C[C@H]4C)CC3)ccc21. The molecule has 8 nitrogen and oxygen atoms in total. The molecule has 5 rings (SSSR count). The Bertz CT molecular complexity index is 1400. The molecule has 1 amide bonds. The van der Waals surface area contributed by atoms with Gasteiger partial charge in [0.05, 0.1) is 10.4 Å². The second-order valence-electron chi connectivity index (χ2n) is 9.24. The summed E-state index contributed by atoms with van der Waals surface area (Å²) in [5.74, 6) is -0.231. The zero-order valence-electron chi connectivity index (χ0n) is 19.4. The third-order valence-electron chi connectivity index (χ3n) is 7.11. The summed E-state index contributed by atoms with van der Waals surface area (Å²) in [6.07, 6.45) is 2.57. The summed E-state index contributed by atoms with van der Waals surface area (Å²) in [7, 11) is -3.71. The summed E-state index contributed by atoms with van der Waals surface area (Å²) in [6.45, 7) is 5.08. The highest BCUT2D eigenvalue weighted by molar-refractivity contribution is 7.89. The van der Waals surface area contributed by atoms with Crippen molar-refractivity contribution in [3.63, 3.8) is 0 Å². The molecular weight excluding hydrogens is 454 g/mol. The number of benzene rings is 2. The number of aromatic nitrogens is 1. The van der Waals surface area contributed by atoms with Crippen LogP contribution in [-0.4, -0.2) is 42.3 Å². The zero-order chi connectivity index (χ0) is 24.0. The van der Waals surface area contributed by atoms with E-state index in [1.54, 1.807) is 6.07 Å². The topological polar surface area (TPSA) is 92.8 Å². The highest BCUT2D eigenvalue weighted by Crippen LogP contribution is 2.34. The number of amides is 1. The fraction of sp³-hybridized carbons (Fsp3) is 0.440. The third kappa shape index (κ3) is 3.86. The highest BCUT2D eigenvalue weighted by Gasteiger charge is 2.34. The maximum atomic E-state index is 13.2. The average Bonchev–Trinajstić information content (AvgIpc) is 3.33. The van der Waals surface area contributed by atoms with Crippen molar-refractivity contribution in [1.29, 1.82) is 0 Å². The van der Waals surface area contributed by atoms with E-state index in [1.165, 1.54) is 26.6 Å². The lowest BCUT2D eigenvalue weighted by atomic mass is 9.94. The van der Waals surface area contributed by atoms with E-state index in [9.17, 15) is 18.0 Å². The number of fused-ring (bicyclic) bond motifs is 2. The lowest BCUT2D eigenvalue weighted by Crippen LogP contribution is -2.41. The van der Waals surface area contributed by atoms with Crippen LogP contribution in [0.5, 0.6) is 0 Å². The molecule has 0 radical (unpaired) electrons. The summed E-state index contributed by atoms with van der Waals surface area (Å²) < 4.78 is 34.6. The summed E-state index contributed by atoms with van der Waals surface area (Å²) in [4.78, 5) is 27.1. The van der Waals surface area contributed by atoms with Crippen molar-refractivity contribution in [2.45, 2.75) is 57.0 Å². The molecule has 9 heteroatoms. The smallest absolute Gasteiger partial charge is 0.408 e. The number of para-hydroxylation sites is 1. The van der Waals surface area contributed by atoms with Crippen LogP contribution >= 0.6 is 0 Å². The van der Waals surface area contributed by atoms with Crippen molar-refractivity contribution in [3.8, 4) is 0 Å². The fourth-order valence-electron chi connectivity index (χ4n) is 5.30. The van der Waals surface area contributed by atoms with Crippen LogP contribution in [0.2, 0.25) is 0 Å². The normalized spacial score (nSPS) is 19.6. The van der Waals surface area contributed by atoms with Gasteiger partial charge in [0.25, 0.3) is 0 Å². The van der Waals surface area contributed by atoms with Crippen LogP contribution in [0.25, 0.3) is 11.1 Å². The molecule has 3 aromatic rings. The van der Waals surface area contributed by atoms with Crippen LogP contribution in [0, 0.1) is 5.92 Å². The summed E-state index contributed by atoms with van der Waals surface area (Å²) in [5, 5.41) is 0. The number of nitrogens with zero attached hydrogens (tertiary/aromatic N) is 3. The van der Waals surface area contributed by atoms with E-state index in [1.807, 2.05) is 30.0 Å². The van der Waals surface area contributed by atoms with E-state index in [0.717, 1.165) is 12.1 Å². The highest BCUT2D eigenvalue weighted by atomic mass is 32.2. The molecule has 1 saturated heterocycles. The molecule has 2 aliphatic heterocycles. The van der Waals surface area contributed by atoms with E-state index in [-0.39, 0.29) is 28.3 Å². The summed E-state index contributed by atoms with van der Waals surface area (Å²) >= 11 is 0. The van der Waals surface area contributed by atoms with Crippen molar-refractivity contribution < 1.29 is 17.6 Å². The number of sulfonamides is 1. The molecule has 0 spiro atoms. The molecular formula is C25H29N3O5S. The Morgan fingerprint density at radius 3 is 2.59 bits per heavy atom. The van der Waals surface area contributed by atoms with Gasteiger partial charge in [-0.25, -0.2) is 13.2 Å². The van der Waals surface area contributed by atoms with Crippen LogP contribution in [0.4, 0.5) is 5.69 Å². The van der Waals surface area contributed by atoms with Crippen molar-refractivity contribution in [3.05, 3.63) is 58.6 Å².